The first-order valence-corrected chi connectivity index (χ1v) is 15.3. The van der Waals surface area contributed by atoms with Crippen LogP contribution in [0.2, 0.25) is 0 Å². The summed E-state index contributed by atoms with van der Waals surface area (Å²) in [5.41, 5.74) is 8.77. The number of amides is 2. The van der Waals surface area contributed by atoms with Crippen LogP contribution in [0, 0.1) is 0 Å². The topological polar surface area (TPSA) is 164 Å². The molecule has 10 nitrogen and oxygen atoms in total. The van der Waals surface area contributed by atoms with Gasteiger partial charge in [0.1, 0.15) is 5.78 Å². The molecule has 5 rings (SSSR count). The number of carboxylic acids is 1. The van der Waals surface area contributed by atoms with Gasteiger partial charge in [-0.3, -0.25) is 34.4 Å². The number of nitrogens with two attached hydrogens (primary N) is 1. The second-order valence-corrected chi connectivity index (χ2v) is 10.6. The van der Waals surface area contributed by atoms with Crippen LogP contribution >= 0.6 is 0 Å². The highest BCUT2D eigenvalue weighted by molar-refractivity contribution is 6.00. The number of carbonyl (C=O) groups excluding carboxylic acids is 3. The number of rotatable bonds is 10. The number of Topliss-reactive ketones (excluding diaryl/α,β-unsaturated/α-hetero) is 1. The Morgan fingerprint density at radius 2 is 1.26 bits per heavy atom. The number of aliphatic carboxylic acids is 1. The molecule has 1 fully saturated rings. The van der Waals surface area contributed by atoms with Gasteiger partial charge in [-0.25, -0.2) is 0 Å². The summed E-state index contributed by atoms with van der Waals surface area (Å²) in [7, 11) is 0. The van der Waals surface area contributed by atoms with E-state index in [1.807, 2.05) is 60.8 Å². The highest BCUT2D eigenvalue weighted by atomic mass is 16.5. The molecular weight excluding hydrogens is 584 g/mol. The number of hydroxylamine groups is 2. The van der Waals surface area contributed by atoms with Crippen molar-refractivity contribution < 1.29 is 29.5 Å². The van der Waals surface area contributed by atoms with Crippen molar-refractivity contribution in [2.75, 3.05) is 6.54 Å². The Morgan fingerprint density at radius 3 is 1.65 bits per heavy atom. The molecule has 0 aliphatic carbocycles. The van der Waals surface area contributed by atoms with Gasteiger partial charge in [-0.1, -0.05) is 76.9 Å². The molecule has 3 heterocycles. The Morgan fingerprint density at radius 1 is 0.783 bits per heavy atom. The van der Waals surface area contributed by atoms with Crippen LogP contribution < -0.4 is 5.73 Å². The Hall–Kier alpha value is -4.54. The predicted molar refractivity (Wildman–Crippen MR) is 181 cm³/mol. The predicted octanol–water partition coefficient (Wildman–Crippen LogP) is 6.69. The van der Waals surface area contributed by atoms with Crippen LogP contribution in [-0.4, -0.2) is 55.5 Å². The number of hydrogen-bond acceptors (Lipinski definition) is 8. The molecule has 0 saturated carbocycles. The molecule has 0 spiro atoms. The Bertz CT molecular complexity index is 1520. The second-order valence-electron chi connectivity index (χ2n) is 10.6. The van der Waals surface area contributed by atoms with Gasteiger partial charge in [-0.15, -0.1) is 0 Å². The van der Waals surface area contributed by atoms with Gasteiger partial charge in [0.05, 0.1) is 17.5 Å². The molecule has 2 aromatic carbocycles. The average Bonchev–Trinajstić information content (AvgIpc) is 3.33. The zero-order valence-corrected chi connectivity index (χ0v) is 26.2. The number of carbonyl (C=O) groups is 4. The van der Waals surface area contributed by atoms with Crippen LogP contribution in [0.5, 0.6) is 0 Å². The molecule has 1 aliphatic rings. The summed E-state index contributed by atoms with van der Waals surface area (Å²) in [5, 5.41) is 19.3. The van der Waals surface area contributed by atoms with Crippen LogP contribution in [-0.2, 0) is 32.0 Å². The minimum absolute atomic E-state index is 0. The van der Waals surface area contributed by atoms with E-state index in [0.717, 1.165) is 58.7 Å². The molecule has 0 radical (unpaired) electrons. The van der Waals surface area contributed by atoms with Crippen molar-refractivity contribution in [2.45, 2.75) is 85.5 Å². The maximum atomic E-state index is 11.8. The fourth-order valence-corrected chi connectivity index (χ4v) is 4.26. The lowest BCUT2D eigenvalue weighted by Crippen LogP contribution is -2.24. The van der Waals surface area contributed by atoms with Gasteiger partial charge in [-0.05, 0) is 54.8 Å². The number of aromatic nitrogens is 2. The first-order valence-electron chi connectivity index (χ1n) is 15.3. The van der Waals surface area contributed by atoms with Crippen molar-refractivity contribution in [3.63, 3.8) is 0 Å². The molecule has 0 atom stereocenters. The average molecular weight is 633 g/mol. The minimum atomic E-state index is -0.831. The van der Waals surface area contributed by atoms with Gasteiger partial charge < -0.3 is 10.8 Å². The van der Waals surface area contributed by atoms with Crippen LogP contribution in [0.4, 0.5) is 0 Å². The van der Waals surface area contributed by atoms with E-state index in [1.165, 1.54) is 12.8 Å². The molecule has 46 heavy (non-hydrogen) atoms. The van der Waals surface area contributed by atoms with Crippen molar-refractivity contribution in [3.8, 4) is 0 Å². The number of hydrogen-bond donors (Lipinski definition) is 3. The van der Waals surface area contributed by atoms with Crippen LogP contribution in [0.15, 0.2) is 73.1 Å². The van der Waals surface area contributed by atoms with Gasteiger partial charge in [0.25, 0.3) is 11.8 Å². The van der Waals surface area contributed by atoms with Crippen molar-refractivity contribution in [1.29, 1.82) is 0 Å². The van der Waals surface area contributed by atoms with Crippen LogP contribution in [0.3, 0.4) is 0 Å². The standard InChI is InChI=1S/C16H19NO.C11H9NO2.C4H5NO3.C4H11N.CH4/c1-2-3-4-8-15(18)11-13-10-14-7-5-6-9-16(14)17-12-13;13-11(14)6-8-5-9-3-1-2-4-10(9)12-7-8;6-3-1-2-4(7)5(3)8;1-2-3-4-5;/h5-7,9-10,12H,2-4,8,11H2,1H3;1-5,7H,6H2,(H,13,14);8H,1-2H2;2-5H2,1H3;1H4. The number of para-hydroxylation sites is 2. The minimum Gasteiger partial charge on any atom is -0.481 e. The number of benzene rings is 2. The molecule has 0 unspecified atom stereocenters. The lowest BCUT2D eigenvalue weighted by atomic mass is 10.0. The monoisotopic (exact) mass is 632 g/mol. The van der Waals surface area contributed by atoms with E-state index in [4.69, 9.17) is 16.0 Å². The van der Waals surface area contributed by atoms with E-state index < -0.39 is 17.8 Å². The summed E-state index contributed by atoms with van der Waals surface area (Å²) < 4.78 is 0. The molecule has 4 N–H and O–H groups in total. The van der Waals surface area contributed by atoms with Gasteiger partial charge in [-0.2, -0.15) is 5.06 Å². The number of pyridine rings is 2. The molecule has 2 amide bonds. The highest BCUT2D eigenvalue weighted by Crippen LogP contribution is 2.15. The number of nitrogens with zero attached hydrogens (tertiary/aromatic N) is 3. The Balaban J connectivity index is 0.000000335. The number of fused-ring (bicyclic) bond motifs is 2. The molecule has 1 saturated heterocycles. The van der Waals surface area contributed by atoms with E-state index >= 15 is 0 Å². The molecule has 2 aromatic heterocycles. The van der Waals surface area contributed by atoms with Crippen molar-refractivity contribution in [3.05, 3.63) is 84.2 Å². The van der Waals surface area contributed by atoms with E-state index in [-0.39, 0.29) is 31.8 Å². The second kappa shape index (κ2) is 22.0. The summed E-state index contributed by atoms with van der Waals surface area (Å²) in [4.78, 5) is 51.3. The number of carboxylic acid groups (broad SMARTS) is 1. The lowest BCUT2D eigenvalue weighted by Gasteiger charge is -2.03. The molecule has 0 bridgehead atoms. The maximum Gasteiger partial charge on any atom is 0.307 e. The van der Waals surface area contributed by atoms with E-state index in [9.17, 15) is 19.2 Å². The van der Waals surface area contributed by atoms with Gasteiger partial charge in [0, 0.05) is 48.8 Å². The molecule has 4 aromatic rings. The molecule has 248 valence electrons. The molecular formula is C36H48N4O6. The third-order valence-corrected chi connectivity index (χ3v) is 6.69. The molecule has 1 aliphatic heterocycles. The number of ketones is 1. The normalized spacial score (nSPS) is 11.8. The number of unbranched alkanes of at least 4 members (excludes halogenated alkanes) is 3. The largest absolute Gasteiger partial charge is 0.481 e. The third-order valence-electron chi connectivity index (χ3n) is 6.69. The van der Waals surface area contributed by atoms with Gasteiger partial charge in [0.2, 0.25) is 0 Å². The quantitative estimate of drug-likeness (QED) is 0.0981. The lowest BCUT2D eigenvalue weighted by molar-refractivity contribution is -0.171. The Kier molecular flexibility index (Phi) is 18.9. The van der Waals surface area contributed by atoms with Crippen LogP contribution in [0.1, 0.15) is 83.8 Å². The fourth-order valence-electron chi connectivity index (χ4n) is 4.26. The number of imide groups is 1. The summed E-state index contributed by atoms with van der Waals surface area (Å²) >= 11 is 0. The summed E-state index contributed by atoms with van der Waals surface area (Å²) in [5.74, 6) is -1.52. The zero-order chi connectivity index (χ0) is 33.0. The third kappa shape index (κ3) is 14.5. The molecule has 10 heteroatoms. The smallest absolute Gasteiger partial charge is 0.307 e. The van der Waals surface area contributed by atoms with Gasteiger partial charge >= 0.3 is 5.97 Å². The maximum absolute atomic E-state index is 11.8. The van der Waals surface area contributed by atoms with Crippen molar-refractivity contribution >= 4 is 45.4 Å². The summed E-state index contributed by atoms with van der Waals surface area (Å²) in [6.07, 6.45) is 10.7. The van der Waals surface area contributed by atoms with E-state index in [1.54, 1.807) is 6.20 Å². The fraction of sp³-hybridized carbons (Fsp3) is 0.389. The SMILES string of the molecule is C.CCCCCC(=O)Cc1cnc2ccccc2c1.CCCCN.O=C(O)Cc1cnc2ccccc2c1.O=C1CCC(=O)N1O. The van der Waals surface area contributed by atoms with Crippen molar-refractivity contribution in [1.82, 2.24) is 15.0 Å². The van der Waals surface area contributed by atoms with E-state index in [2.05, 4.69) is 29.9 Å². The first-order chi connectivity index (χ1) is 21.7. The van der Waals surface area contributed by atoms with Crippen LogP contribution in [0.25, 0.3) is 21.8 Å². The van der Waals surface area contributed by atoms with Gasteiger partial charge in [0.15, 0.2) is 0 Å². The zero-order valence-electron chi connectivity index (χ0n) is 26.2. The highest BCUT2D eigenvalue weighted by Gasteiger charge is 2.26. The summed E-state index contributed by atoms with van der Waals surface area (Å²) in [6, 6.07) is 19.6. The Labute approximate surface area is 271 Å². The van der Waals surface area contributed by atoms with E-state index in [0.29, 0.717) is 18.6 Å². The summed E-state index contributed by atoms with van der Waals surface area (Å²) in [6.45, 7) is 5.13. The van der Waals surface area contributed by atoms with Crippen molar-refractivity contribution in [2.24, 2.45) is 5.73 Å². The first kappa shape index (κ1) is 39.5.